The van der Waals surface area contributed by atoms with Gasteiger partial charge in [0.25, 0.3) is 0 Å². The van der Waals surface area contributed by atoms with E-state index in [1.165, 1.54) is 19.3 Å². The number of amides is 1. The molecule has 1 unspecified atom stereocenters. The molecule has 1 rings (SSSR count). The highest BCUT2D eigenvalue weighted by Gasteiger charge is 2.23. The summed E-state index contributed by atoms with van der Waals surface area (Å²) >= 11 is 0. The van der Waals surface area contributed by atoms with Crippen LogP contribution in [0.2, 0.25) is 0 Å². The minimum Gasteiger partial charge on any atom is -0.368 e. The van der Waals surface area contributed by atoms with Crippen molar-refractivity contribution < 1.29 is 4.79 Å². The number of nitrogens with zero attached hydrogens (tertiary/aromatic N) is 1. The van der Waals surface area contributed by atoms with Crippen molar-refractivity contribution >= 4 is 5.91 Å². The summed E-state index contributed by atoms with van der Waals surface area (Å²) in [5.74, 6) is -0.248. The first-order valence-electron chi connectivity index (χ1n) is 6.63. The van der Waals surface area contributed by atoms with Crippen molar-refractivity contribution in [3.8, 4) is 0 Å². The average molecular weight is 241 g/mol. The lowest BCUT2D eigenvalue weighted by Gasteiger charge is -2.24. The smallest absolute Gasteiger partial charge is 0.234 e. The van der Waals surface area contributed by atoms with Gasteiger partial charge < -0.3 is 16.0 Å². The van der Waals surface area contributed by atoms with E-state index in [2.05, 4.69) is 24.1 Å². The van der Waals surface area contributed by atoms with E-state index in [-0.39, 0.29) is 11.9 Å². The first-order valence-corrected chi connectivity index (χ1v) is 6.63. The van der Waals surface area contributed by atoms with Gasteiger partial charge in [-0.3, -0.25) is 4.79 Å². The second-order valence-electron chi connectivity index (χ2n) is 5.89. The summed E-state index contributed by atoms with van der Waals surface area (Å²) in [4.78, 5) is 13.6. The number of likely N-dealkylation sites (tertiary alicyclic amines) is 1. The molecule has 1 heterocycles. The summed E-state index contributed by atoms with van der Waals surface area (Å²) in [7, 11) is 1.79. The molecule has 0 bridgehead atoms. The third-order valence-electron chi connectivity index (χ3n) is 3.86. The van der Waals surface area contributed by atoms with Gasteiger partial charge in [0.05, 0.1) is 6.04 Å². The third kappa shape index (κ3) is 5.04. The summed E-state index contributed by atoms with van der Waals surface area (Å²) in [5.41, 5.74) is 5.79. The van der Waals surface area contributed by atoms with E-state index in [4.69, 9.17) is 5.73 Å². The summed E-state index contributed by atoms with van der Waals surface area (Å²) in [6.45, 7) is 7.94. The van der Waals surface area contributed by atoms with E-state index in [0.717, 1.165) is 26.1 Å². The fourth-order valence-corrected chi connectivity index (χ4v) is 2.44. The maximum atomic E-state index is 11.1. The van der Waals surface area contributed by atoms with E-state index >= 15 is 0 Å². The Kier molecular flexibility index (Phi) is 5.40. The molecule has 1 aliphatic heterocycles. The van der Waals surface area contributed by atoms with Crippen LogP contribution in [0, 0.1) is 5.41 Å². The van der Waals surface area contributed by atoms with Crippen molar-refractivity contribution in [3.63, 3.8) is 0 Å². The van der Waals surface area contributed by atoms with Crippen molar-refractivity contribution in [2.75, 3.05) is 26.7 Å². The fraction of sp³-hybridized carbons (Fsp3) is 0.923. The number of carbonyl (C=O) groups is 1. The van der Waals surface area contributed by atoms with Crippen LogP contribution >= 0.6 is 0 Å². The molecule has 3 N–H and O–H groups in total. The lowest BCUT2D eigenvalue weighted by Crippen LogP contribution is -2.42. The van der Waals surface area contributed by atoms with Crippen molar-refractivity contribution in [1.29, 1.82) is 0 Å². The molecule has 0 aromatic heterocycles. The van der Waals surface area contributed by atoms with Crippen LogP contribution in [0.1, 0.15) is 39.5 Å². The van der Waals surface area contributed by atoms with Crippen LogP contribution in [-0.4, -0.2) is 43.5 Å². The van der Waals surface area contributed by atoms with Crippen LogP contribution in [0.4, 0.5) is 0 Å². The van der Waals surface area contributed by atoms with Crippen LogP contribution in [0.25, 0.3) is 0 Å². The van der Waals surface area contributed by atoms with Crippen LogP contribution in [0.15, 0.2) is 0 Å². The Labute approximate surface area is 105 Å². The molecule has 4 nitrogen and oxygen atoms in total. The minimum atomic E-state index is -0.248. The van der Waals surface area contributed by atoms with E-state index in [0.29, 0.717) is 5.41 Å². The summed E-state index contributed by atoms with van der Waals surface area (Å²) in [6.07, 6.45) is 4.61. The Hall–Kier alpha value is -0.610. The first-order chi connectivity index (χ1) is 7.94. The second-order valence-corrected chi connectivity index (χ2v) is 5.89. The molecule has 0 aromatic rings. The number of carbonyl (C=O) groups excluding carboxylic acids is 1. The van der Waals surface area contributed by atoms with Crippen LogP contribution in [0.3, 0.4) is 0 Å². The molecule has 1 aliphatic rings. The predicted octanol–water partition coefficient (Wildman–Crippen LogP) is 0.962. The molecule has 0 aromatic carbocycles. The topological polar surface area (TPSA) is 58.4 Å². The van der Waals surface area contributed by atoms with Gasteiger partial charge in [0.2, 0.25) is 5.91 Å². The SMILES string of the molecule is CNC(CCN1CCCC(C)(C)CC1)C(N)=O. The van der Waals surface area contributed by atoms with Gasteiger partial charge in [-0.15, -0.1) is 0 Å². The van der Waals surface area contributed by atoms with Gasteiger partial charge in [0.1, 0.15) is 0 Å². The predicted molar refractivity (Wildman–Crippen MR) is 70.7 cm³/mol. The van der Waals surface area contributed by atoms with Crippen molar-refractivity contribution in [1.82, 2.24) is 10.2 Å². The van der Waals surface area contributed by atoms with Gasteiger partial charge in [0.15, 0.2) is 0 Å². The lowest BCUT2D eigenvalue weighted by atomic mass is 9.85. The summed E-state index contributed by atoms with van der Waals surface area (Å²) < 4.78 is 0. The molecule has 1 atom stereocenters. The Balaban J connectivity index is 2.34. The molecule has 1 fully saturated rings. The molecule has 4 heteroatoms. The average Bonchev–Trinajstić information content (AvgIpc) is 2.40. The Bertz CT molecular complexity index is 253. The Morgan fingerprint density at radius 1 is 1.41 bits per heavy atom. The maximum absolute atomic E-state index is 11.1. The van der Waals surface area contributed by atoms with Gasteiger partial charge in [-0.2, -0.15) is 0 Å². The molecule has 0 radical (unpaired) electrons. The number of hydrogen-bond acceptors (Lipinski definition) is 3. The molecule has 0 aliphatic carbocycles. The van der Waals surface area contributed by atoms with Crippen LogP contribution < -0.4 is 11.1 Å². The molecule has 0 spiro atoms. The Morgan fingerprint density at radius 3 is 2.71 bits per heavy atom. The number of rotatable bonds is 5. The highest BCUT2D eigenvalue weighted by Crippen LogP contribution is 2.29. The van der Waals surface area contributed by atoms with Crippen LogP contribution in [0.5, 0.6) is 0 Å². The van der Waals surface area contributed by atoms with Gasteiger partial charge >= 0.3 is 0 Å². The van der Waals surface area contributed by atoms with Crippen molar-refractivity contribution in [2.24, 2.45) is 11.1 Å². The van der Waals surface area contributed by atoms with E-state index < -0.39 is 0 Å². The molecule has 100 valence electrons. The van der Waals surface area contributed by atoms with E-state index in [1.807, 2.05) is 0 Å². The fourth-order valence-electron chi connectivity index (χ4n) is 2.44. The number of nitrogens with two attached hydrogens (primary N) is 1. The van der Waals surface area contributed by atoms with E-state index in [1.54, 1.807) is 7.05 Å². The Morgan fingerprint density at radius 2 is 2.12 bits per heavy atom. The van der Waals surface area contributed by atoms with Gasteiger partial charge in [-0.1, -0.05) is 13.8 Å². The van der Waals surface area contributed by atoms with Gasteiger partial charge in [-0.25, -0.2) is 0 Å². The first kappa shape index (κ1) is 14.5. The number of hydrogen-bond donors (Lipinski definition) is 2. The van der Waals surface area contributed by atoms with Crippen molar-refractivity contribution in [3.05, 3.63) is 0 Å². The second kappa shape index (κ2) is 6.36. The summed E-state index contributed by atoms with van der Waals surface area (Å²) in [5, 5.41) is 2.97. The quantitative estimate of drug-likeness (QED) is 0.754. The van der Waals surface area contributed by atoms with E-state index in [9.17, 15) is 4.79 Å². The highest BCUT2D eigenvalue weighted by atomic mass is 16.1. The molecular weight excluding hydrogens is 214 g/mol. The lowest BCUT2D eigenvalue weighted by molar-refractivity contribution is -0.120. The standard InChI is InChI=1S/C13H27N3O/c1-13(2)6-4-8-16(10-7-13)9-5-11(15-3)12(14)17/h11,15H,4-10H2,1-3H3,(H2,14,17). The molecule has 1 amide bonds. The number of likely N-dealkylation sites (N-methyl/N-ethyl adjacent to an activating group) is 1. The monoisotopic (exact) mass is 241 g/mol. The van der Waals surface area contributed by atoms with Crippen LogP contribution in [-0.2, 0) is 4.79 Å². The third-order valence-corrected chi connectivity index (χ3v) is 3.86. The molecule has 0 saturated carbocycles. The minimum absolute atomic E-state index is 0.189. The maximum Gasteiger partial charge on any atom is 0.234 e. The zero-order chi connectivity index (χ0) is 12.9. The van der Waals surface area contributed by atoms with Crippen molar-refractivity contribution in [2.45, 2.75) is 45.6 Å². The number of nitrogens with one attached hydrogen (secondary N) is 1. The molecular formula is C13H27N3O. The normalized spacial score (nSPS) is 23.0. The van der Waals surface area contributed by atoms with Gasteiger partial charge in [0, 0.05) is 6.54 Å². The highest BCUT2D eigenvalue weighted by molar-refractivity contribution is 5.79. The number of primary amides is 1. The zero-order valence-corrected chi connectivity index (χ0v) is 11.5. The van der Waals surface area contributed by atoms with Gasteiger partial charge in [-0.05, 0) is 51.2 Å². The summed E-state index contributed by atoms with van der Waals surface area (Å²) in [6, 6.07) is -0.189. The largest absolute Gasteiger partial charge is 0.368 e. The molecule has 1 saturated heterocycles. The zero-order valence-electron chi connectivity index (χ0n) is 11.5. The molecule has 17 heavy (non-hydrogen) atoms.